The molecule has 0 aliphatic heterocycles. The van der Waals surface area contributed by atoms with Crippen molar-refractivity contribution in [3.05, 3.63) is 29.6 Å². The van der Waals surface area contributed by atoms with Gasteiger partial charge in [0.15, 0.2) is 0 Å². The number of hydrogen-bond donors (Lipinski definition) is 3. The number of H-pyrrole nitrogens is 1. The van der Waals surface area contributed by atoms with E-state index in [4.69, 9.17) is 5.73 Å². The minimum Gasteiger partial charge on any atom is -0.355 e. The predicted molar refractivity (Wildman–Crippen MR) is 76.0 cm³/mol. The topological polar surface area (TPSA) is 83.8 Å². The third-order valence-corrected chi connectivity index (χ3v) is 2.94. The summed E-state index contributed by atoms with van der Waals surface area (Å²) >= 11 is 0. The van der Waals surface area contributed by atoms with Crippen molar-refractivity contribution in [2.45, 2.75) is 26.2 Å². The predicted octanol–water partition coefficient (Wildman–Crippen LogP) is 1.30. The van der Waals surface area contributed by atoms with Crippen LogP contribution in [0.4, 0.5) is 0 Å². The molecule has 19 heavy (non-hydrogen) atoms. The Kier molecular flexibility index (Phi) is 4.16. The standard InChI is InChI=1S/C14H20N4O/c1-9(2)14-17-11-4-3-10(7-12(11)18-14)8-13(19)16-6-5-15/h3-4,7,9H,5-6,8,15H2,1-2H3,(H,16,19)(H,17,18). The molecule has 0 aliphatic carbocycles. The summed E-state index contributed by atoms with van der Waals surface area (Å²) in [6.07, 6.45) is 0.367. The van der Waals surface area contributed by atoms with Gasteiger partial charge >= 0.3 is 0 Å². The first-order valence-corrected chi connectivity index (χ1v) is 6.55. The number of nitrogens with one attached hydrogen (secondary N) is 2. The lowest BCUT2D eigenvalue weighted by Crippen LogP contribution is -2.30. The molecule has 4 N–H and O–H groups in total. The lowest BCUT2D eigenvalue weighted by Gasteiger charge is -2.03. The highest BCUT2D eigenvalue weighted by atomic mass is 16.1. The molecular weight excluding hydrogens is 240 g/mol. The Morgan fingerprint density at radius 2 is 2.26 bits per heavy atom. The van der Waals surface area contributed by atoms with Gasteiger partial charge in [0.1, 0.15) is 5.82 Å². The van der Waals surface area contributed by atoms with Gasteiger partial charge in [0, 0.05) is 19.0 Å². The van der Waals surface area contributed by atoms with Crippen LogP contribution in [-0.2, 0) is 11.2 Å². The van der Waals surface area contributed by atoms with Gasteiger partial charge in [0.05, 0.1) is 17.5 Å². The molecule has 1 aromatic carbocycles. The molecule has 0 fully saturated rings. The normalized spacial score (nSPS) is 11.2. The van der Waals surface area contributed by atoms with Gasteiger partial charge in [0.2, 0.25) is 5.91 Å². The molecule has 0 unspecified atom stereocenters. The molecule has 0 bridgehead atoms. The summed E-state index contributed by atoms with van der Waals surface area (Å²) in [6.45, 7) is 5.17. The van der Waals surface area contributed by atoms with Crippen molar-refractivity contribution < 1.29 is 4.79 Å². The number of imidazole rings is 1. The van der Waals surface area contributed by atoms with Gasteiger partial charge < -0.3 is 16.0 Å². The van der Waals surface area contributed by atoms with E-state index in [1.807, 2.05) is 18.2 Å². The van der Waals surface area contributed by atoms with Gasteiger partial charge in [-0.3, -0.25) is 4.79 Å². The Labute approximate surface area is 112 Å². The molecule has 0 saturated carbocycles. The lowest BCUT2D eigenvalue weighted by atomic mass is 10.1. The molecule has 5 heteroatoms. The lowest BCUT2D eigenvalue weighted by molar-refractivity contribution is -0.120. The van der Waals surface area contributed by atoms with Crippen LogP contribution >= 0.6 is 0 Å². The largest absolute Gasteiger partial charge is 0.355 e. The molecule has 0 spiro atoms. The van der Waals surface area contributed by atoms with Gasteiger partial charge in [-0.05, 0) is 17.7 Å². The van der Waals surface area contributed by atoms with Crippen molar-refractivity contribution in [1.82, 2.24) is 15.3 Å². The molecule has 0 radical (unpaired) electrons. The van der Waals surface area contributed by atoms with Crippen molar-refractivity contribution in [3.8, 4) is 0 Å². The molecule has 0 aliphatic rings. The number of nitrogens with zero attached hydrogens (tertiary/aromatic N) is 1. The fraction of sp³-hybridized carbons (Fsp3) is 0.429. The van der Waals surface area contributed by atoms with E-state index in [-0.39, 0.29) is 5.91 Å². The van der Waals surface area contributed by atoms with Crippen molar-refractivity contribution in [2.24, 2.45) is 5.73 Å². The van der Waals surface area contributed by atoms with Crippen LogP contribution in [0.2, 0.25) is 0 Å². The number of fused-ring (bicyclic) bond motifs is 1. The number of nitrogens with two attached hydrogens (primary N) is 1. The van der Waals surface area contributed by atoms with Gasteiger partial charge in [-0.1, -0.05) is 19.9 Å². The molecule has 0 saturated heterocycles. The molecule has 1 heterocycles. The summed E-state index contributed by atoms with van der Waals surface area (Å²) in [4.78, 5) is 19.4. The minimum atomic E-state index is -0.00611. The Morgan fingerprint density at radius 1 is 1.47 bits per heavy atom. The van der Waals surface area contributed by atoms with E-state index in [9.17, 15) is 4.79 Å². The third kappa shape index (κ3) is 3.32. The number of carbonyl (C=O) groups is 1. The van der Waals surface area contributed by atoms with Crippen molar-refractivity contribution in [2.75, 3.05) is 13.1 Å². The van der Waals surface area contributed by atoms with Crippen LogP contribution in [0.25, 0.3) is 11.0 Å². The Balaban J connectivity index is 2.14. The van der Waals surface area contributed by atoms with E-state index in [0.29, 0.717) is 25.4 Å². The van der Waals surface area contributed by atoms with Crippen LogP contribution < -0.4 is 11.1 Å². The number of aromatic nitrogens is 2. The quantitative estimate of drug-likeness (QED) is 0.757. The highest BCUT2D eigenvalue weighted by molar-refractivity contribution is 5.81. The van der Waals surface area contributed by atoms with E-state index < -0.39 is 0 Å². The fourth-order valence-corrected chi connectivity index (χ4v) is 1.92. The zero-order valence-electron chi connectivity index (χ0n) is 11.4. The molecule has 5 nitrogen and oxygen atoms in total. The van der Waals surface area contributed by atoms with Crippen LogP contribution in [0, 0.1) is 0 Å². The second-order valence-electron chi connectivity index (χ2n) is 4.94. The van der Waals surface area contributed by atoms with Gasteiger partial charge in [0.25, 0.3) is 0 Å². The first-order valence-electron chi connectivity index (χ1n) is 6.55. The van der Waals surface area contributed by atoms with Crippen LogP contribution in [-0.4, -0.2) is 29.0 Å². The number of hydrogen-bond acceptors (Lipinski definition) is 3. The van der Waals surface area contributed by atoms with Gasteiger partial charge in [-0.2, -0.15) is 0 Å². The average Bonchev–Trinajstić information content (AvgIpc) is 2.79. The Morgan fingerprint density at radius 3 is 2.95 bits per heavy atom. The zero-order valence-corrected chi connectivity index (χ0v) is 11.4. The summed E-state index contributed by atoms with van der Waals surface area (Å²) < 4.78 is 0. The SMILES string of the molecule is CC(C)c1nc2ccc(CC(=O)NCCN)cc2[nH]1. The summed E-state index contributed by atoms with van der Waals surface area (Å²) in [5.41, 5.74) is 8.24. The molecular formula is C14H20N4O. The Hall–Kier alpha value is -1.88. The average molecular weight is 260 g/mol. The number of amides is 1. The van der Waals surface area contributed by atoms with Crippen LogP contribution in [0.1, 0.15) is 31.2 Å². The smallest absolute Gasteiger partial charge is 0.224 e. The van der Waals surface area contributed by atoms with Crippen molar-refractivity contribution in [1.29, 1.82) is 0 Å². The maximum Gasteiger partial charge on any atom is 0.224 e. The first-order chi connectivity index (χ1) is 9.10. The molecule has 1 aromatic heterocycles. The van der Waals surface area contributed by atoms with E-state index in [1.54, 1.807) is 0 Å². The molecule has 2 aromatic rings. The Bertz CT molecular complexity index is 574. The minimum absolute atomic E-state index is 0.00611. The van der Waals surface area contributed by atoms with Gasteiger partial charge in [-0.25, -0.2) is 4.98 Å². The number of benzene rings is 1. The molecule has 2 rings (SSSR count). The van der Waals surface area contributed by atoms with E-state index >= 15 is 0 Å². The number of aromatic amines is 1. The molecule has 0 atom stereocenters. The summed E-state index contributed by atoms with van der Waals surface area (Å²) in [5, 5.41) is 2.76. The highest BCUT2D eigenvalue weighted by Crippen LogP contribution is 2.18. The first kappa shape index (κ1) is 13.5. The van der Waals surface area contributed by atoms with E-state index in [0.717, 1.165) is 22.4 Å². The summed E-state index contributed by atoms with van der Waals surface area (Å²) in [7, 11) is 0. The van der Waals surface area contributed by atoms with E-state index in [1.165, 1.54) is 0 Å². The second-order valence-corrected chi connectivity index (χ2v) is 4.94. The number of rotatable bonds is 5. The van der Waals surface area contributed by atoms with Crippen LogP contribution in [0.5, 0.6) is 0 Å². The summed E-state index contributed by atoms with van der Waals surface area (Å²) in [6, 6.07) is 5.87. The molecule has 102 valence electrons. The maximum atomic E-state index is 11.6. The van der Waals surface area contributed by atoms with Crippen LogP contribution in [0.3, 0.4) is 0 Å². The zero-order chi connectivity index (χ0) is 13.8. The summed E-state index contributed by atoms with van der Waals surface area (Å²) in [5.74, 6) is 1.33. The number of carbonyl (C=O) groups excluding carboxylic acids is 1. The monoisotopic (exact) mass is 260 g/mol. The van der Waals surface area contributed by atoms with Crippen LogP contribution in [0.15, 0.2) is 18.2 Å². The molecule has 1 amide bonds. The second kappa shape index (κ2) is 5.84. The fourth-order valence-electron chi connectivity index (χ4n) is 1.92. The van der Waals surface area contributed by atoms with Crippen molar-refractivity contribution >= 4 is 16.9 Å². The highest BCUT2D eigenvalue weighted by Gasteiger charge is 2.08. The van der Waals surface area contributed by atoms with Crippen molar-refractivity contribution in [3.63, 3.8) is 0 Å². The van der Waals surface area contributed by atoms with E-state index in [2.05, 4.69) is 29.1 Å². The van der Waals surface area contributed by atoms with Gasteiger partial charge in [-0.15, -0.1) is 0 Å². The third-order valence-electron chi connectivity index (χ3n) is 2.94. The maximum absolute atomic E-state index is 11.6.